The van der Waals surface area contributed by atoms with Gasteiger partial charge in [-0.1, -0.05) is 0 Å². The third kappa shape index (κ3) is 4.15. The first-order chi connectivity index (χ1) is 8.42. The fourth-order valence-electron chi connectivity index (χ4n) is 1.62. The van der Waals surface area contributed by atoms with Gasteiger partial charge in [0, 0.05) is 12.6 Å². The topological polar surface area (TPSA) is 109 Å². The van der Waals surface area contributed by atoms with Gasteiger partial charge in [-0.2, -0.15) is 0 Å². The molecule has 1 unspecified atom stereocenters. The molecule has 0 aliphatic carbocycles. The molecule has 0 spiro atoms. The van der Waals surface area contributed by atoms with Gasteiger partial charge in [-0.25, -0.2) is 10.8 Å². The maximum absolute atomic E-state index is 10.8. The van der Waals surface area contributed by atoms with E-state index in [9.17, 15) is 10.1 Å². The normalized spacial score (nSPS) is 12.3. The molecule has 100 valence electrons. The number of nitrogen functional groups attached to an aromatic ring is 1. The summed E-state index contributed by atoms with van der Waals surface area (Å²) in [6.07, 6.45) is 0. The van der Waals surface area contributed by atoms with Crippen molar-refractivity contribution >= 4 is 17.3 Å². The van der Waals surface area contributed by atoms with E-state index in [1.807, 2.05) is 25.9 Å². The van der Waals surface area contributed by atoms with E-state index < -0.39 is 4.92 Å². The number of likely N-dealkylation sites (N-methyl/N-ethyl adjacent to an activating group) is 1. The van der Waals surface area contributed by atoms with Crippen LogP contribution in [0.5, 0.6) is 0 Å². The summed E-state index contributed by atoms with van der Waals surface area (Å²) in [6, 6.07) is 2.77. The Morgan fingerprint density at radius 3 is 2.61 bits per heavy atom. The van der Waals surface area contributed by atoms with Crippen molar-refractivity contribution in [2.75, 3.05) is 31.4 Å². The summed E-state index contributed by atoms with van der Waals surface area (Å²) in [6.45, 7) is 2.76. The number of nitrogens with zero attached hydrogens (tertiary/aromatic N) is 3. The van der Waals surface area contributed by atoms with Crippen LogP contribution in [0.2, 0.25) is 0 Å². The zero-order chi connectivity index (χ0) is 13.7. The van der Waals surface area contributed by atoms with Crippen LogP contribution in [0.3, 0.4) is 0 Å². The van der Waals surface area contributed by atoms with Crippen molar-refractivity contribution in [3.05, 3.63) is 22.2 Å². The van der Waals surface area contributed by atoms with Gasteiger partial charge in [0.1, 0.15) is 11.6 Å². The van der Waals surface area contributed by atoms with E-state index in [-0.39, 0.29) is 17.5 Å². The van der Waals surface area contributed by atoms with Gasteiger partial charge in [0.25, 0.3) is 5.69 Å². The molecular weight excluding hydrogens is 236 g/mol. The van der Waals surface area contributed by atoms with Gasteiger partial charge in [-0.3, -0.25) is 10.1 Å². The summed E-state index contributed by atoms with van der Waals surface area (Å²) in [5.74, 6) is 5.90. The summed E-state index contributed by atoms with van der Waals surface area (Å²) in [4.78, 5) is 16.4. The second-order valence-corrected chi connectivity index (χ2v) is 4.30. The zero-order valence-corrected chi connectivity index (χ0v) is 10.7. The molecule has 0 saturated carbocycles. The number of hydrogen-bond acceptors (Lipinski definition) is 7. The Hall–Kier alpha value is -1.93. The molecule has 8 nitrogen and oxygen atoms in total. The number of anilines is 2. The van der Waals surface area contributed by atoms with E-state index >= 15 is 0 Å². The van der Waals surface area contributed by atoms with E-state index in [4.69, 9.17) is 5.84 Å². The minimum Gasteiger partial charge on any atom is -0.366 e. The summed E-state index contributed by atoms with van der Waals surface area (Å²) in [5.41, 5.74) is 2.25. The molecule has 0 aliphatic heterocycles. The standard InChI is InChI=1S/C10H18N6O2/c1-7(6-15(2)3)12-9-4-8(16(17)18)5-10(13-9)14-11/h4-5,7H,6,11H2,1-3H3,(H2,12,13,14). The maximum Gasteiger partial charge on any atom is 0.276 e. The average Bonchev–Trinajstić information content (AvgIpc) is 2.27. The molecule has 18 heavy (non-hydrogen) atoms. The van der Waals surface area contributed by atoms with Gasteiger partial charge < -0.3 is 15.6 Å². The van der Waals surface area contributed by atoms with Crippen LogP contribution in [0, 0.1) is 10.1 Å². The molecule has 0 bridgehead atoms. The Morgan fingerprint density at radius 1 is 1.50 bits per heavy atom. The van der Waals surface area contributed by atoms with Crippen molar-refractivity contribution in [1.29, 1.82) is 0 Å². The smallest absolute Gasteiger partial charge is 0.276 e. The van der Waals surface area contributed by atoms with Gasteiger partial charge in [0.15, 0.2) is 0 Å². The monoisotopic (exact) mass is 254 g/mol. The fraction of sp³-hybridized carbons (Fsp3) is 0.500. The first-order valence-corrected chi connectivity index (χ1v) is 5.46. The number of nitro groups is 1. The van der Waals surface area contributed by atoms with Crippen LogP contribution in [0.1, 0.15) is 6.92 Å². The molecule has 1 rings (SSSR count). The zero-order valence-electron chi connectivity index (χ0n) is 10.7. The molecule has 0 saturated heterocycles. The number of hydrazine groups is 1. The average molecular weight is 254 g/mol. The van der Waals surface area contributed by atoms with Gasteiger partial charge in [0.05, 0.1) is 17.1 Å². The highest BCUT2D eigenvalue weighted by Crippen LogP contribution is 2.20. The summed E-state index contributed by atoms with van der Waals surface area (Å²) in [5, 5.41) is 13.8. The predicted octanol–water partition coefficient (Wildman–Crippen LogP) is 0.637. The van der Waals surface area contributed by atoms with Crippen LogP contribution < -0.4 is 16.6 Å². The minimum atomic E-state index is -0.482. The van der Waals surface area contributed by atoms with Gasteiger partial charge in [0.2, 0.25) is 0 Å². The van der Waals surface area contributed by atoms with Crippen LogP contribution in [0.15, 0.2) is 12.1 Å². The van der Waals surface area contributed by atoms with Crippen molar-refractivity contribution in [2.45, 2.75) is 13.0 Å². The molecule has 0 aromatic carbocycles. The SMILES string of the molecule is CC(CN(C)C)Nc1cc([N+](=O)[O-])cc(NN)n1. The number of rotatable bonds is 6. The Morgan fingerprint density at radius 2 is 2.11 bits per heavy atom. The molecule has 0 fully saturated rings. The quantitative estimate of drug-likeness (QED) is 0.388. The van der Waals surface area contributed by atoms with Gasteiger partial charge in [-0.05, 0) is 21.0 Å². The Labute approximate surface area is 105 Å². The van der Waals surface area contributed by atoms with Gasteiger partial charge in [-0.15, -0.1) is 0 Å². The molecule has 8 heteroatoms. The molecule has 1 aromatic rings. The van der Waals surface area contributed by atoms with Crippen molar-refractivity contribution in [2.24, 2.45) is 5.84 Å². The second-order valence-electron chi connectivity index (χ2n) is 4.30. The first-order valence-electron chi connectivity index (χ1n) is 5.46. The lowest BCUT2D eigenvalue weighted by Crippen LogP contribution is -2.30. The largest absolute Gasteiger partial charge is 0.366 e. The first kappa shape index (κ1) is 14.1. The fourth-order valence-corrected chi connectivity index (χ4v) is 1.62. The Kier molecular flexibility index (Phi) is 4.81. The highest BCUT2D eigenvalue weighted by molar-refractivity contribution is 5.54. The molecule has 4 N–H and O–H groups in total. The number of pyridine rings is 1. The summed E-state index contributed by atoms with van der Waals surface area (Å²) in [7, 11) is 3.90. The molecule has 0 aliphatic rings. The van der Waals surface area contributed by atoms with Crippen molar-refractivity contribution < 1.29 is 4.92 Å². The second kappa shape index (κ2) is 6.12. The van der Waals surface area contributed by atoms with Crippen LogP contribution in [-0.2, 0) is 0 Å². The van der Waals surface area contributed by atoms with E-state index in [1.54, 1.807) is 0 Å². The highest BCUT2D eigenvalue weighted by Gasteiger charge is 2.12. The van der Waals surface area contributed by atoms with Gasteiger partial charge >= 0.3 is 0 Å². The number of nitrogens with two attached hydrogens (primary N) is 1. The van der Waals surface area contributed by atoms with Crippen molar-refractivity contribution in [3.8, 4) is 0 Å². The lowest BCUT2D eigenvalue weighted by molar-refractivity contribution is -0.384. The van der Waals surface area contributed by atoms with E-state index in [2.05, 4.69) is 15.7 Å². The van der Waals surface area contributed by atoms with Crippen LogP contribution in [0.25, 0.3) is 0 Å². The Bertz CT molecular complexity index is 423. The van der Waals surface area contributed by atoms with E-state index in [1.165, 1.54) is 12.1 Å². The van der Waals surface area contributed by atoms with E-state index in [0.29, 0.717) is 5.82 Å². The molecule has 1 aromatic heterocycles. The lowest BCUT2D eigenvalue weighted by Gasteiger charge is -2.18. The predicted molar refractivity (Wildman–Crippen MR) is 70.3 cm³/mol. The molecule has 0 amide bonds. The molecule has 0 radical (unpaired) electrons. The van der Waals surface area contributed by atoms with E-state index in [0.717, 1.165) is 6.54 Å². The maximum atomic E-state index is 10.8. The number of hydrogen-bond donors (Lipinski definition) is 3. The minimum absolute atomic E-state index is 0.0579. The highest BCUT2D eigenvalue weighted by atomic mass is 16.6. The Balaban J connectivity index is 2.87. The summed E-state index contributed by atoms with van der Waals surface area (Å²) >= 11 is 0. The number of aromatic nitrogens is 1. The van der Waals surface area contributed by atoms with Crippen LogP contribution in [0.4, 0.5) is 17.3 Å². The van der Waals surface area contributed by atoms with Crippen LogP contribution >= 0.6 is 0 Å². The van der Waals surface area contributed by atoms with Crippen molar-refractivity contribution in [1.82, 2.24) is 9.88 Å². The van der Waals surface area contributed by atoms with Crippen LogP contribution in [-0.4, -0.2) is 41.5 Å². The third-order valence-corrected chi connectivity index (χ3v) is 2.20. The lowest BCUT2D eigenvalue weighted by atomic mass is 10.3. The summed E-state index contributed by atoms with van der Waals surface area (Å²) < 4.78 is 0. The third-order valence-electron chi connectivity index (χ3n) is 2.20. The number of nitrogens with one attached hydrogen (secondary N) is 2. The molecule has 1 atom stereocenters. The molecular formula is C10H18N6O2. The van der Waals surface area contributed by atoms with Crippen molar-refractivity contribution in [3.63, 3.8) is 0 Å². The molecule has 1 heterocycles.